The molecule has 104 valence electrons. The van der Waals surface area contributed by atoms with E-state index >= 15 is 0 Å². The van der Waals surface area contributed by atoms with Gasteiger partial charge >= 0.3 is 5.97 Å². The van der Waals surface area contributed by atoms with E-state index in [9.17, 15) is 4.79 Å². The van der Waals surface area contributed by atoms with Crippen molar-refractivity contribution < 1.29 is 9.53 Å². The quantitative estimate of drug-likeness (QED) is 0.848. The fraction of sp³-hybridized carbons (Fsp3) is 0.250. The van der Waals surface area contributed by atoms with Crippen molar-refractivity contribution in [3.05, 3.63) is 59.4 Å². The predicted octanol–water partition coefficient (Wildman–Crippen LogP) is 3.04. The summed E-state index contributed by atoms with van der Waals surface area (Å²) in [4.78, 5) is 15.5. The Morgan fingerprint density at radius 1 is 1.20 bits per heavy atom. The molecule has 2 rings (SSSR count). The standard InChI is InChI=1S/C16H18N2O2/c1-3-12-4-7-14(8-5-12)18-11-15-9-6-13(10-17-15)16(19)20-2/h4-10,18H,3,11H2,1-2H3. The molecule has 0 bridgehead atoms. The number of hydrogen-bond acceptors (Lipinski definition) is 4. The Bertz CT molecular complexity index is 562. The zero-order valence-corrected chi connectivity index (χ0v) is 11.7. The van der Waals surface area contributed by atoms with E-state index in [2.05, 4.69) is 46.2 Å². The summed E-state index contributed by atoms with van der Waals surface area (Å²) in [7, 11) is 1.36. The van der Waals surface area contributed by atoms with Crippen molar-refractivity contribution in [2.45, 2.75) is 19.9 Å². The number of hydrogen-bond donors (Lipinski definition) is 1. The summed E-state index contributed by atoms with van der Waals surface area (Å²) in [6.45, 7) is 2.75. The molecule has 20 heavy (non-hydrogen) atoms. The van der Waals surface area contributed by atoms with Crippen LogP contribution in [0.4, 0.5) is 5.69 Å². The molecule has 0 saturated carbocycles. The van der Waals surface area contributed by atoms with Gasteiger partial charge < -0.3 is 10.1 Å². The molecule has 0 saturated heterocycles. The summed E-state index contributed by atoms with van der Waals surface area (Å²) in [5, 5.41) is 3.30. The van der Waals surface area contributed by atoms with Crippen LogP contribution in [0.5, 0.6) is 0 Å². The number of ether oxygens (including phenoxy) is 1. The number of methoxy groups -OCH3 is 1. The Hall–Kier alpha value is -2.36. The Balaban J connectivity index is 1.94. The van der Waals surface area contributed by atoms with E-state index in [0.717, 1.165) is 17.8 Å². The number of aryl methyl sites for hydroxylation is 1. The van der Waals surface area contributed by atoms with Crippen LogP contribution in [0.25, 0.3) is 0 Å². The Labute approximate surface area is 118 Å². The number of carbonyl (C=O) groups excluding carboxylic acids is 1. The first-order valence-corrected chi connectivity index (χ1v) is 6.59. The normalized spacial score (nSPS) is 10.1. The molecule has 0 fully saturated rings. The third kappa shape index (κ3) is 3.57. The molecule has 1 aromatic carbocycles. The lowest BCUT2D eigenvalue weighted by molar-refractivity contribution is 0.0600. The molecule has 1 aromatic heterocycles. The van der Waals surface area contributed by atoms with Gasteiger partial charge in [-0.15, -0.1) is 0 Å². The molecule has 0 aliphatic rings. The van der Waals surface area contributed by atoms with E-state index in [-0.39, 0.29) is 5.97 Å². The minimum atomic E-state index is -0.368. The lowest BCUT2D eigenvalue weighted by Gasteiger charge is -2.07. The Kier molecular flexibility index (Phi) is 4.71. The number of esters is 1. The first kappa shape index (κ1) is 14.1. The number of rotatable bonds is 5. The highest BCUT2D eigenvalue weighted by molar-refractivity contribution is 5.88. The summed E-state index contributed by atoms with van der Waals surface area (Å²) in [5.74, 6) is -0.368. The summed E-state index contributed by atoms with van der Waals surface area (Å²) < 4.78 is 4.63. The zero-order chi connectivity index (χ0) is 14.4. The predicted molar refractivity (Wildman–Crippen MR) is 78.7 cm³/mol. The molecule has 2 aromatic rings. The first-order chi connectivity index (χ1) is 9.72. The highest BCUT2D eigenvalue weighted by atomic mass is 16.5. The average molecular weight is 270 g/mol. The number of nitrogens with zero attached hydrogens (tertiary/aromatic N) is 1. The highest BCUT2D eigenvalue weighted by Gasteiger charge is 2.05. The maximum Gasteiger partial charge on any atom is 0.339 e. The van der Waals surface area contributed by atoms with Crippen LogP contribution in [-0.4, -0.2) is 18.1 Å². The van der Waals surface area contributed by atoms with Gasteiger partial charge in [0, 0.05) is 11.9 Å². The Morgan fingerprint density at radius 3 is 2.50 bits per heavy atom. The molecule has 0 aliphatic carbocycles. The van der Waals surface area contributed by atoms with Crippen LogP contribution in [0.15, 0.2) is 42.6 Å². The van der Waals surface area contributed by atoms with Gasteiger partial charge in [-0.1, -0.05) is 19.1 Å². The second kappa shape index (κ2) is 6.70. The summed E-state index contributed by atoms with van der Waals surface area (Å²) in [6, 6.07) is 11.9. The van der Waals surface area contributed by atoms with E-state index in [1.165, 1.54) is 18.9 Å². The van der Waals surface area contributed by atoms with Gasteiger partial charge in [-0.05, 0) is 36.2 Å². The van der Waals surface area contributed by atoms with Crippen LogP contribution in [-0.2, 0) is 17.7 Å². The molecular weight excluding hydrogens is 252 g/mol. The topological polar surface area (TPSA) is 51.2 Å². The van der Waals surface area contributed by atoms with Gasteiger partial charge in [-0.3, -0.25) is 4.98 Å². The fourth-order valence-corrected chi connectivity index (χ4v) is 1.82. The van der Waals surface area contributed by atoms with E-state index in [4.69, 9.17) is 0 Å². The summed E-state index contributed by atoms with van der Waals surface area (Å²) >= 11 is 0. The molecule has 0 spiro atoms. The second-order valence-electron chi connectivity index (χ2n) is 4.43. The summed E-state index contributed by atoms with van der Waals surface area (Å²) in [6.07, 6.45) is 2.57. The molecule has 0 radical (unpaired) electrons. The number of carbonyl (C=O) groups is 1. The van der Waals surface area contributed by atoms with Crippen molar-refractivity contribution in [2.75, 3.05) is 12.4 Å². The molecule has 0 aliphatic heterocycles. The van der Waals surface area contributed by atoms with Gasteiger partial charge in [0.15, 0.2) is 0 Å². The highest BCUT2D eigenvalue weighted by Crippen LogP contribution is 2.11. The first-order valence-electron chi connectivity index (χ1n) is 6.59. The van der Waals surface area contributed by atoms with Crippen LogP contribution in [0.1, 0.15) is 28.5 Å². The largest absolute Gasteiger partial charge is 0.465 e. The maximum absolute atomic E-state index is 11.3. The fourth-order valence-electron chi connectivity index (χ4n) is 1.82. The van der Waals surface area contributed by atoms with Crippen molar-refractivity contribution >= 4 is 11.7 Å². The molecule has 1 N–H and O–H groups in total. The van der Waals surface area contributed by atoms with Crippen molar-refractivity contribution in [3.8, 4) is 0 Å². The molecule has 4 heteroatoms. The number of anilines is 1. The molecule has 1 heterocycles. The van der Waals surface area contributed by atoms with Gasteiger partial charge in [-0.25, -0.2) is 4.79 Å². The van der Waals surface area contributed by atoms with Gasteiger partial charge in [0.05, 0.1) is 24.9 Å². The molecule has 0 atom stereocenters. The third-order valence-corrected chi connectivity index (χ3v) is 3.08. The van der Waals surface area contributed by atoms with Gasteiger partial charge in [-0.2, -0.15) is 0 Å². The number of aromatic nitrogens is 1. The van der Waals surface area contributed by atoms with Crippen LogP contribution in [0, 0.1) is 0 Å². The SMILES string of the molecule is CCc1ccc(NCc2ccc(C(=O)OC)cn2)cc1. The van der Waals surface area contributed by atoms with E-state index in [1.807, 2.05) is 6.07 Å². The number of nitrogens with one attached hydrogen (secondary N) is 1. The van der Waals surface area contributed by atoms with Gasteiger partial charge in [0.1, 0.15) is 0 Å². The van der Waals surface area contributed by atoms with Crippen molar-refractivity contribution in [3.63, 3.8) is 0 Å². The Morgan fingerprint density at radius 2 is 1.95 bits per heavy atom. The van der Waals surface area contributed by atoms with Gasteiger partial charge in [0.25, 0.3) is 0 Å². The zero-order valence-electron chi connectivity index (χ0n) is 11.7. The average Bonchev–Trinajstić information content (AvgIpc) is 2.53. The molecule has 0 unspecified atom stereocenters. The number of pyridine rings is 1. The van der Waals surface area contributed by atoms with Crippen molar-refractivity contribution in [1.29, 1.82) is 0 Å². The van der Waals surface area contributed by atoms with Crippen molar-refractivity contribution in [2.24, 2.45) is 0 Å². The van der Waals surface area contributed by atoms with Crippen molar-refractivity contribution in [1.82, 2.24) is 4.98 Å². The van der Waals surface area contributed by atoms with Crippen LogP contribution >= 0.6 is 0 Å². The van der Waals surface area contributed by atoms with Crippen LogP contribution in [0.2, 0.25) is 0 Å². The van der Waals surface area contributed by atoms with Gasteiger partial charge in [0.2, 0.25) is 0 Å². The van der Waals surface area contributed by atoms with E-state index < -0.39 is 0 Å². The second-order valence-corrected chi connectivity index (χ2v) is 4.43. The third-order valence-electron chi connectivity index (χ3n) is 3.08. The monoisotopic (exact) mass is 270 g/mol. The molecular formula is C16H18N2O2. The lowest BCUT2D eigenvalue weighted by atomic mass is 10.1. The smallest absolute Gasteiger partial charge is 0.339 e. The summed E-state index contributed by atoms with van der Waals surface area (Å²) in [5.41, 5.74) is 3.71. The molecule has 4 nitrogen and oxygen atoms in total. The van der Waals surface area contributed by atoms with E-state index in [0.29, 0.717) is 12.1 Å². The maximum atomic E-state index is 11.3. The van der Waals surface area contributed by atoms with Crippen LogP contribution in [0.3, 0.4) is 0 Å². The lowest BCUT2D eigenvalue weighted by Crippen LogP contribution is -2.05. The molecule has 0 amide bonds. The minimum Gasteiger partial charge on any atom is -0.465 e. The minimum absolute atomic E-state index is 0.368. The van der Waals surface area contributed by atoms with E-state index in [1.54, 1.807) is 6.07 Å². The number of benzene rings is 1. The van der Waals surface area contributed by atoms with Crippen LogP contribution < -0.4 is 5.32 Å².